The second-order valence-electron chi connectivity index (χ2n) is 15.0. The number of esters is 1. The Hall–Kier alpha value is -1.14. The Labute approximate surface area is 260 Å². The molecule has 1 N–H and O–H groups in total. The molecule has 10 heteroatoms. The summed E-state index contributed by atoms with van der Waals surface area (Å²) in [5, 5.41) is 11.3. The average molecular weight is 612 g/mol. The molecule has 3 aliphatic heterocycles. The van der Waals surface area contributed by atoms with Crippen molar-refractivity contribution in [3.63, 3.8) is 0 Å². The Morgan fingerprint density at radius 3 is 2.30 bits per heavy atom. The molecule has 0 aliphatic carbocycles. The summed E-state index contributed by atoms with van der Waals surface area (Å²) in [6.45, 7) is 18.6. The number of nitrogens with zero attached hydrogens (tertiary/aromatic N) is 3. The number of aliphatic hydroxyl groups excluding tert-OH is 1. The van der Waals surface area contributed by atoms with Crippen molar-refractivity contribution in [2.45, 2.75) is 123 Å². The van der Waals surface area contributed by atoms with Crippen molar-refractivity contribution in [3.05, 3.63) is 0 Å². The van der Waals surface area contributed by atoms with Gasteiger partial charge >= 0.3 is 5.97 Å². The second kappa shape index (κ2) is 14.5. The molecule has 250 valence electrons. The number of ketones is 1. The van der Waals surface area contributed by atoms with E-state index in [0.29, 0.717) is 24.8 Å². The first kappa shape index (κ1) is 36.3. The minimum absolute atomic E-state index is 0.0373. The Balaban J connectivity index is 1.98. The van der Waals surface area contributed by atoms with Gasteiger partial charge < -0.3 is 33.9 Å². The maximum Gasteiger partial charge on any atom is 0.319 e. The predicted octanol–water partition coefficient (Wildman–Crippen LogP) is 3.05. The SMILES string of the molecule is CO[C@]1(C)C[C@@H](C)CN(C)[C@@H]([C@H]2CCN(C(C)C)C2)COC(=O)C(C)(C)C(=O)[C@H](C)[C@H]1O[C@@H]1O[C@H](C)C[C@H](N(C)C)[C@H]1O. The predicted molar refractivity (Wildman–Crippen MR) is 167 cm³/mol. The van der Waals surface area contributed by atoms with Crippen LogP contribution < -0.4 is 0 Å². The summed E-state index contributed by atoms with van der Waals surface area (Å²) < 4.78 is 25.0. The minimum atomic E-state index is -1.40. The van der Waals surface area contributed by atoms with Gasteiger partial charge in [-0.15, -0.1) is 0 Å². The molecular formula is C33H61N3O7. The van der Waals surface area contributed by atoms with Gasteiger partial charge in [0.15, 0.2) is 12.1 Å². The number of cyclic esters (lactones) is 1. The lowest BCUT2D eigenvalue weighted by Gasteiger charge is -2.47. The fourth-order valence-corrected chi connectivity index (χ4v) is 7.66. The lowest BCUT2D eigenvalue weighted by molar-refractivity contribution is -0.295. The first-order chi connectivity index (χ1) is 19.9. The molecule has 3 saturated heterocycles. The van der Waals surface area contributed by atoms with Crippen molar-refractivity contribution in [2.75, 3.05) is 54.5 Å². The van der Waals surface area contributed by atoms with Gasteiger partial charge in [0.1, 0.15) is 18.1 Å². The average Bonchev–Trinajstić information content (AvgIpc) is 3.41. The molecule has 0 aromatic rings. The lowest BCUT2D eigenvalue weighted by Crippen LogP contribution is -2.59. The molecule has 3 rings (SSSR count). The van der Waals surface area contributed by atoms with Crippen LogP contribution in [0.25, 0.3) is 0 Å². The third-order valence-corrected chi connectivity index (χ3v) is 10.5. The summed E-state index contributed by atoms with van der Waals surface area (Å²) >= 11 is 0. The Bertz CT molecular complexity index is 945. The largest absolute Gasteiger partial charge is 0.463 e. The van der Waals surface area contributed by atoms with Gasteiger partial charge in [0.05, 0.1) is 17.8 Å². The fourth-order valence-electron chi connectivity index (χ4n) is 7.66. The number of Topliss-reactive ketones (excluding diaryl/α,β-unsaturated/α-hetero) is 1. The smallest absolute Gasteiger partial charge is 0.319 e. The van der Waals surface area contributed by atoms with Gasteiger partial charge in [0.25, 0.3) is 0 Å². The van der Waals surface area contributed by atoms with E-state index in [1.165, 1.54) is 0 Å². The number of ether oxygens (including phenoxy) is 4. The Morgan fingerprint density at radius 2 is 1.74 bits per heavy atom. The number of likely N-dealkylation sites (N-methyl/N-ethyl adjacent to an activating group) is 2. The normalized spacial score (nSPS) is 41.1. The van der Waals surface area contributed by atoms with Crippen LogP contribution in [0, 0.1) is 23.2 Å². The topological polar surface area (TPSA) is 101 Å². The first-order valence-electron chi connectivity index (χ1n) is 16.3. The van der Waals surface area contributed by atoms with E-state index in [2.05, 4.69) is 37.6 Å². The van der Waals surface area contributed by atoms with Gasteiger partial charge in [0, 0.05) is 44.2 Å². The highest BCUT2D eigenvalue weighted by atomic mass is 16.7. The van der Waals surface area contributed by atoms with Crippen LogP contribution in [0.4, 0.5) is 0 Å². The monoisotopic (exact) mass is 611 g/mol. The van der Waals surface area contributed by atoms with E-state index in [-0.39, 0.29) is 36.5 Å². The highest BCUT2D eigenvalue weighted by Crippen LogP contribution is 2.38. The number of carbonyl (C=O) groups excluding carboxylic acids is 2. The van der Waals surface area contributed by atoms with Crippen LogP contribution in [0.2, 0.25) is 0 Å². The van der Waals surface area contributed by atoms with E-state index in [0.717, 1.165) is 26.1 Å². The van der Waals surface area contributed by atoms with Crippen molar-refractivity contribution in [1.29, 1.82) is 0 Å². The molecule has 3 heterocycles. The number of hydrogen-bond donors (Lipinski definition) is 1. The molecule has 3 fully saturated rings. The number of hydrogen-bond acceptors (Lipinski definition) is 10. The molecule has 0 saturated carbocycles. The van der Waals surface area contributed by atoms with Crippen molar-refractivity contribution < 1.29 is 33.6 Å². The van der Waals surface area contributed by atoms with Gasteiger partial charge in [-0.25, -0.2) is 0 Å². The summed E-state index contributed by atoms with van der Waals surface area (Å²) in [5.41, 5.74) is -2.30. The van der Waals surface area contributed by atoms with E-state index in [9.17, 15) is 14.7 Å². The first-order valence-corrected chi connectivity index (χ1v) is 16.3. The van der Waals surface area contributed by atoms with Crippen LogP contribution in [-0.4, -0.2) is 134 Å². The molecule has 0 aromatic heterocycles. The van der Waals surface area contributed by atoms with Crippen molar-refractivity contribution >= 4 is 11.8 Å². The Morgan fingerprint density at radius 1 is 1.09 bits per heavy atom. The summed E-state index contributed by atoms with van der Waals surface area (Å²) in [4.78, 5) is 34.6. The van der Waals surface area contributed by atoms with Gasteiger partial charge in [-0.3, -0.25) is 14.5 Å². The van der Waals surface area contributed by atoms with Crippen molar-refractivity contribution in [2.24, 2.45) is 23.2 Å². The van der Waals surface area contributed by atoms with Crippen LogP contribution in [0.1, 0.15) is 74.7 Å². The second-order valence-corrected chi connectivity index (χ2v) is 15.0. The molecule has 0 spiro atoms. The number of rotatable bonds is 6. The number of carbonyl (C=O) groups is 2. The lowest BCUT2D eigenvalue weighted by atomic mass is 9.74. The molecule has 0 aromatic carbocycles. The van der Waals surface area contributed by atoms with Gasteiger partial charge in [-0.05, 0) is 100 Å². The van der Waals surface area contributed by atoms with E-state index >= 15 is 0 Å². The molecule has 43 heavy (non-hydrogen) atoms. The zero-order valence-corrected chi connectivity index (χ0v) is 29.0. The molecule has 10 nitrogen and oxygen atoms in total. The van der Waals surface area contributed by atoms with Crippen LogP contribution >= 0.6 is 0 Å². The third kappa shape index (κ3) is 8.18. The zero-order chi connectivity index (χ0) is 32.4. The highest BCUT2D eigenvalue weighted by Gasteiger charge is 2.51. The van der Waals surface area contributed by atoms with Crippen molar-refractivity contribution in [1.82, 2.24) is 14.7 Å². The Kier molecular flexibility index (Phi) is 12.3. The van der Waals surface area contributed by atoms with Gasteiger partial charge in [-0.1, -0.05) is 13.8 Å². The minimum Gasteiger partial charge on any atom is -0.463 e. The van der Waals surface area contributed by atoms with Crippen molar-refractivity contribution in [3.8, 4) is 0 Å². The molecule has 10 atom stereocenters. The van der Waals surface area contributed by atoms with E-state index in [4.69, 9.17) is 18.9 Å². The summed E-state index contributed by atoms with van der Waals surface area (Å²) in [6.07, 6.45) is -0.495. The molecule has 0 unspecified atom stereocenters. The highest BCUT2D eigenvalue weighted by molar-refractivity contribution is 6.04. The van der Waals surface area contributed by atoms with E-state index < -0.39 is 41.4 Å². The zero-order valence-electron chi connectivity index (χ0n) is 29.0. The fraction of sp³-hybridized carbons (Fsp3) is 0.939. The maximum absolute atomic E-state index is 14.2. The molecular weight excluding hydrogens is 550 g/mol. The van der Waals surface area contributed by atoms with Crippen LogP contribution in [0.5, 0.6) is 0 Å². The summed E-state index contributed by atoms with van der Waals surface area (Å²) in [5.74, 6) is -1.02. The molecule has 3 aliphatic rings. The molecule has 0 amide bonds. The number of aliphatic hydroxyl groups is 1. The standard InChI is InChI=1S/C33H61N3O7/c1-20(2)36-14-13-24(18-36)26-19-41-31(39)32(6,7)28(38)23(5)29(33(8,40-12)16-21(3)17-35(26)11)43-30-27(37)25(34(9)10)15-22(4)42-30/h20-27,29-30,37H,13-19H2,1-12H3/t21-,22-,23+,24+,25+,26-,27-,29-,30+,33-/m1/s1. The van der Waals surface area contributed by atoms with Crippen LogP contribution in [0.15, 0.2) is 0 Å². The quantitative estimate of drug-likeness (QED) is 0.356. The maximum atomic E-state index is 14.2. The number of methoxy groups -OCH3 is 1. The number of likely N-dealkylation sites (tertiary alicyclic amines) is 1. The van der Waals surface area contributed by atoms with E-state index in [1.807, 2.05) is 32.8 Å². The third-order valence-electron chi connectivity index (χ3n) is 10.5. The molecule has 0 bridgehead atoms. The summed E-state index contributed by atoms with van der Waals surface area (Å²) in [7, 11) is 7.61. The molecule has 0 radical (unpaired) electrons. The van der Waals surface area contributed by atoms with Crippen LogP contribution in [0.3, 0.4) is 0 Å². The van der Waals surface area contributed by atoms with Crippen LogP contribution in [-0.2, 0) is 28.5 Å². The van der Waals surface area contributed by atoms with Gasteiger partial charge in [0.2, 0.25) is 0 Å². The van der Waals surface area contributed by atoms with Gasteiger partial charge in [-0.2, -0.15) is 0 Å². The summed E-state index contributed by atoms with van der Waals surface area (Å²) in [6, 6.07) is 0.336. The van der Waals surface area contributed by atoms with E-state index in [1.54, 1.807) is 27.9 Å².